The Morgan fingerprint density at radius 3 is 1.92 bits per heavy atom. The first kappa shape index (κ1) is 22.8. The first-order valence-electron chi connectivity index (χ1n) is 10.2. The molecule has 0 aromatic carbocycles. The molecule has 1 aliphatic heterocycles. The van der Waals surface area contributed by atoms with Crippen LogP contribution in [-0.4, -0.2) is 58.1 Å². The number of hydrogen-bond donors (Lipinski definition) is 0. The van der Waals surface area contributed by atoms with Gasteiger partial charge >= 0.3 is 0 Å². The highest BCUT2D eigenvalue weighted by atomic mass is 16.7. The molecule has 25 heavy (non-hydrogen) atoms. The van der Waals surface area contributed by atoms with Crippen LogP contribution in [0.4, 0.5) is 0 Å². The predicted molar refractivity (Wildman–Crippen MR) is 99.9 cm³/mol. The fraction of sp³-hybridized carbons (Fsp3) is 1.00. The minimum absolute atomic E-state index is 0.0260. The molecule has 0 aromatic rings. The number of hydrogen-bond acceptors (Lipinski definition) is 5. The van der Waals surface area contributed by atoms with Gasteiger partial charge in [0.25, 0.3) is 0 Å². The van der Waals surface area contributed by atoms with Crippen LogP contribution in [0.5, 0.6) is 0 Å². The van der Waals surface area contributed by atoms with Crippen LogP contribution in [0.3, 0.4) is 0 Å². The average molecular weight is 361 g/mol. The number of unbranched alkanes of at least 4 members (excludes halogenated alkanes) is 3. The van der Waals surface area contributed by atoms with E-state index in [1.54, 1.807) is 7.11 Å². The molecular formula is C20H40O5. The minimum atomic E-state index is -0.403. The van der Waals surface area contributed by atoms with Crippen molar-refractivity contribution in [3.05, 3.63) is 0 Å². The molecule has 1 rings (SSSR count). The Bertz CT molecular complexity index is 312. The van der Waals surface area contributed by atoms with Gasteiger partial charge in [0.05, 0.1) is 18.8 Å². The van der Waals surface area contributed by atoms with Crippen LogP contribution >= 0.6 is 0 Å². The van der Waals surface area contributed by atoms with E-state index in [0.29, 0.717) is 13.2 Å². The van der Waals surface area contributed by atoms with E-state index < -0.39 is 6.29 Å². The minimum Gasteiger partial charge on any atom is -0.379 e. The van der Waals surface area contributed by atoms with Crippen molar-refractivity contribution >= 4 is 0 Å². The van der Waals surface area contributed by atoms with Gasteiger partial charge in [-0.1, -0.05) is 47.0 Å². The van der Waals surface area contributed by atoms with Gasteiger partial charge in [-0.05, 0) is 19.3 Å². The smallest absolute Gasteiger partial charge is 0.186 e. The molecule has 5 atom stereocenters. The summed E-state index contributed by atoms with van der Waals surface area (Å²) >= 11 is 0. The third kappa shape index (κ3) is 7.92. The Kier molecular flexibility index (Phi) is 12.7. The molecule has 5 heteroatoms. The van der Waals surface area contributed by atoms with Gasteiger partial charge in [0.1, 0.15) is 6.10 Å². The van der Waals surface area contributed by atoms with Crippen LogP contribution in [0.1, 0.15) is 66.2 Å². The van der Waals surface area contributed by atoms with Crippen molar-refractivity contribution in [2.75, 3.05) is 33.5 Å². The summed E-state index contributed by atoms with van der Waals surface area (Å²) in [6, 6.07) is 0. The van der Waals surface area contributed by atoms with E-state index in [1.807, 2.05) is 0 Å². The molecular weight excluding hydrogens is 320 g/mol. The topological polar surface area (TPSA) is 46.2 Å². The molecule has 150 valence electrons. The quantitative estimate of drug-likeness (QED) is 0.435. The molecule has 0 radical (unpaired) electrons. The summed E-state index contributed by atoms with van der Waals surface area (Å²) in [5.41, 5.74) is 0. The highest BCUT2D eigenvalue weighted by Crippen LogP contribution is 2.31. The van der Waals surface area contributed by atoms with Crippen molar-refractivity contribution in [2.45, 2.75) is 90.8 Å². The van der Waals surface area contributed by atoms with E-state index in [4.69, 9.17) is 23.7 Å². The monoisotopic (exact) mass is 360 g/mol. The first-order valence-corrected chi connectivity index (χ1v) is 10.2. The van der Waals surface area contributed by atoms with E-state index in [1.165, 1.54) is 0 Å². The Balaban J connectivity index is 2.70. The fourth-order valence-corrected chi connectivity index (χ4v) is 3.01. The van der Waals surface area contributed by atoms with Crippen LogP contribution in [0.2, 0.25) is 0 Å². The van der Waals surface area contributed by atoms with Crippen LogP contribution in [-0.2, 0) is 23.7 Å². The SMILES string of the molecule is CCCCOCC1OC(OC)C(OCCCC)C(OCCCC)C1C. The maximum atomic E-state index is 6.23. The molecule has 5 nitrogen and oxygen atoms in total. The standard InChI is InChI=1S/C20H40O5/c1-6-9-12-22-15-17-16(4)18(23-13-10-7-2)19(20(21-5)25-17)24-14-11-8-3/h16-20H,6-15H2,1-5H3. The molecule has 0 aromatic heterocycles. The highest BCUT2D eigenvalue weighted by Gasteiger charge is 2.45. The summed E-state index contributed by atoms with van der Waals surface area (Å²) < 4.78 is 29.9. The van der Waals surface area contributed by atoms with Gasteiger partial charge in [-0.15, -0.1) is 0 Å². The number of methoxy groups -OCH3 is 1. The maximum absolute atomic E-state index is 6.23. The largest absolute Gasteiger partial charge is 0.379 e. The molecule has 0 bridgehead atoms. The number of ether oxygens (including phenoxy) is 5. The summed E-state index contributed by atoms with van der Waals surface area (Å²) in [6.07, 6.45) is 5.89. The zero-order chi connectivity index (χ0) is 18.5. The van der Waals surface area contributed by atoms with Crippen molar-refractivity contribution in [1.29, 1.82) is 0 Å². The normalized spacial score (nSPS) is 29.9. The maximum Gasteiger partial charge on any atom is 0.186 e. The summed E-state index contributed by atoms with van der Waals surface area (Å²) in [5, 5.41) is 0. The summed E-state index contributed by atoms with van der Waals surface area (Å²) in [4.78, 5) is 0. The molecule has 0 saturated carbocycles. The van der Waals surface area contributed by atoms with Crippen molar-refractivity contribution in [2.24, 2.45) is 5.92 Å². The summed E-state index contributed by atoms with van der Waals surface area (Å²) in [5.74, 6) is 0.205. The third-order valence-electron chi connectivity index (χ3n) is 4.78. The van der Waals surface area contributed by atoms with E-state index >= 15 is 0 Å². The Hall–Kier alpha value is -0.200. The fourth-order valence-electron chi connectivity index (χ4n) is 3.01. The third-order valence-corrected chi connectivity index (χ3v) is 4.78. The Labute approximate surface area is 154 Å². The average Bonchev–Trinajstić information content (AvgIpc) is 2.62. The lowest BCUT2D eigenvalue weighted by Crippen LogP contribution is -2.57. The molecule has 5 unspecified atom stereocenters. The molecule has 0 aliphatic carbocycles. The van der Waals surface area contributed by atoms with Crippen LogP contribution in [0.25, 0.3) is 0 Å². The lowest BCUT2D eigenvalue weighted by Gasteiger charge is -2.44. The highest BCUT2D eigenvalue weighted by molar-refractivity contribution is 4.89. The molecule has 1 heterocycles. The van der Waals surface area contributed by atoms with Crippen molar-refractivity contribution < 1.29 is 23.7 Å². The van der Waals surface area contributed by atoms with Gasteiger partial charge in [-0.3, -0.25) is 0 Å². The van der Waals surface area contributed by atoms with E-state index in [0.717, 1.165) is 51.7 Å². The van der Waals surface area contributed by atoms with E-state index in [-0.39, 0.29) is 24.2 Å². The summed E-state index contributed by atoms with van der Waals surface area (Å²) in [6.45, 7) is 11.5. The zero-order valence-corrected chi connectivity index (χ0v) is 17.0. The van der Waals surface area contributed by atoms with Crippen LogP contribution in [0, 0.1) is 5.92 Å². The second kappa shape index (κ2) is 13.9. The lowest BCUT2D eigenvalue weighted by atomic mass is 9.90. The second-order valence-electron chi connectivity index (χ2n) is 6.94. The molecule has 1 aliphatic rings. The summed E-state index contributed by atoms with van der Waals surface area (Å²) in [7, 11) is 1.68. The molecule has 0 amide bonds. The van der Waals surface area contributed by atoms with Gasteiger partial charge in [0.2, 0.25) is 0 Å². The van der Waals surface area contributed by atoms with E-state index in [9.17, 15) is 0 Å². The van der Waals surface area contributed by atoms with Gasteiger partial charge in [-0.2, -0.15) is 0 Å². The lowest BCUT2D eigenvalue weighted by molar-refractivity contribution is -0.299. The molecule has 1 fully saturated rings. The Morgan fingerprint density at radius 1 is 0.800 bits per heavy atom. The zero-order valence-electron chi connectivity index (χ0n) is 17.0. The van der Waals surface area contributed by atoms with Crippen LogP contribution in [0.15, 0.2) is 0 Å². The second-order valence-corrected chi connectivity index (χ2v) is 6.94. The molecule has 0 N–H and O–H groups in total. The van der Waals surface area contributed by atoms with Crippen molar-refractivity contribution in [3.63, 3.8) is 0 Å². The van der Waals surface area contributed by atoms with Gasteiger partial charge in [0.15, 0.2) is 6.29 Å². The van der Waals surface area contributed by atoms with Gasteiger partial charge in [0, 0.05) is 32.8 Å². The van der Waals surface area contributed by atoms with Gasteiger partial charge < -0.3 is 23.7 Å². The first-order chi connectivity index (χ1) is 12.2. The Morgan fingerprint density at radius 2 is 1.36 bits per heavy atom. The van der Waals surface area contributed by atoms with Crippen molar-refractivity contribution in [3.8, 4) is 0 Å². The van der Waals surface area contributed by atoms with Crippen LogP contribution < -0.4 is 0 Å². The number of rotatable bonds is 14. The molecule has 0 spiro atoms. The van der Waals surface area contributed by atoms with Gasteiger partial charge in [-0.25, -0.2) is 0 Å². The molecule has 1 saturated heterocycles. The predicted octanol–water partition coefficient (Wildman–Crippen LogP) is 4.18. The van der Waals surface area contributed by atoms with Crippen molar-refractivity contribution in [1.82, 2.24) is 0 Å². The van der Waals surface area contributed by atoms with E-state index in [2.05, 4.69) is 27.7 Å².